The summed E-state index contributed by atoms with van der Waals surface area (Å²) in [7, 11) is 6.66. The van der Waals surface area contributed by atoms with Crippen LogP contribution in [-0.4, -0.2) is 57.0 Å². The minimum absolute atomic E-state index is 0.0963. The number of nitrogens with one attached hydrogen (secondary N) is 1. The van der Waals surface area contributed by atoms with Gasteiger partial charge in [0.15, 0.2) is 0 Å². The minimum Gasteiger partial charge on any atom is -0.382 e. The van der Waals surface area contributed by atoms with Crippen molar-refractivity contribution < 1.29 is 14.3 Å². The number of hydrogen-bond donors (Lipinski definition) is 1. The first-order chi connectivity index (χ1) is 9.26. The highest BCUT2D eigenvalue weighted by Gasteiger charge is 2.27. The topological polar surface area (TPSA) is 58.6 Å². The van der Waals surface area contributed by atoms with E-state index in [4.69, 9.17) is 4.74 Å². The molecule has 3 unspecified atom stereocenters. The van der Waals surface area contributed by atoms with Gasteiger partial charge in [-0.25, -0.2) is 0 Å². The Kier molecular flexibility index (Phi) is 8.34. The lowest BCUT2D eigenvalue weighted by Gasteiger charge is -2.26. The van der Waals surface area contributed by atoms with Crippen molar-refractivity contribution in [1.29, 1.82) is 0 Å². The van der Waals surface area contributed by atoms with Gasteiger partial charge in [-0.2, -0.15) is 0 Å². The molecule has 3 atom stereocenters. The number of carbonyl (C=O) groups is 2. The Labute approximate surface area is 122 Å². The maximum atomic E-state index is 12.0. The van der Waals surface area contributed by atoms with Crippen molar-refractivity contribution in [2.75, 3.05) is 28.3 Å². The molecule has 0 bridgehead atoms. The largest absolute Gasteiger partial charge is 0.382 e. The molecule has 0 radical (unpaired) electrons. The fraction of sp³-hybridized carbons (Fsp3) is 0.733. The molecule has 0 spiro atoms. The van der Waals surface area contributed by atoms with Gasteiger partial charge in [-0.15, -0.1) is 0 Å². The van der Waals surface area contributed by atoms with E-state index in [-0.39, 0.29) is 18.1 Å². The fourth-order valence-corrected chi connectivity index (χ4v) is 1.97. The zero-order valence-corrected chi connectivity index (χ0v) is 13.5. The van der Waals surface area contributed by atoms with Crippen LogP contribution in [0.1, 0.15) is 26.7 Å². The van der Waals surface area contributed by atoms with E-state index in [2.05, 4.69) is 11.9 Å². The van der Waals surface area contributed by atoms with Gasteiger partial charge in [0, 0.05) is 32.8 Å². The zero-order chi connectivity index (χ0) is 15.9. The molecule has 0 aromatic rings. The van der Waals surface area contributed by atoms with Gasteiger partial charge in [0.2, 0.25) is 5.78 Å². The second-order valence-electron chi connectivity index (χ2n) is 5.36. The highest BCUT2D eigenvalue weighted by Crippen LogP contribution is 2.19. The van der Waals surface area contributed by atoms with Crippen molar-refractivity contribution in [2.45, 2.75) is 38.8 Å². The summed E-state index contributed by atoms with van der Waals surface area (Å²) in [5, 5.41) is 3.19. The summed E-state index contributed by atoms with van der Waals surface area (Å²) in [6.07, 6.45) is 1.91. The van der Waals surface area contributed by atoms with Gasteiger partial charge < -0.3 is 15.0 Å². The number of hydrogen-bond acceptors (Lipinski definition) is 4. The Hall–Kier alpha value is -1.20. The van der Waals surface area contributed by atoms with Gasteiger partial charge in [-0.1, -0.05) is 13.5 Å². The molecule has 0 fully saturated rings. The van der Waals surface area contributed by atoms with Crippen LogP contribution in [0.2, 0.25) is 0 Å². The Morgan fingerprint density at radius 1 is 1.25 bits per heavy atom. The number of nitrogens with zero attached hydrogens (tertiary/aromatic N) is 1. The van der Waals surface area contributed by atoms with Crippen LogP contribution in [-0.2, 0) is 14.3 Å². The van der Waals surface area contributed by atoms with Crippen LogP contribution in [0.5, 0.6) is 0 Å². The molecular formula is C15H28N2O3. The Balaban J connectivity index is 4.67. The number of rotatable bonds is 9. The molecule has 1 amide bonds. The van der Waals surface area contributed by atoms with Crippen molar-refractivity contribution >= 4 is 11.7 Å². The third-order valence-electron chi connectivity index (χ3n) is 3.70. The van der Waals surface area contributed by atoms with E-state index in [0.29, 0.717) is 5.57 Å². The molecule has 5 nitrogen and oxygen atoms in total. The van der Waals surface area contributed by atoms with Crippen LogP contribution in [0.4, 0.5) is 0 Å². The van der Waals surface area contributed by atoms with Crippen LogP contribution >= 0.6 is 0 Å². The van der Waals surface area contributed by atoms with Crippen molar-refractivity contribution in [3.63, 3.8) is 0 Å². The van der Waals surface area contributed by atoms with E-state index in [0.717, 1.165) is 12.8 Å². The van der Waals surface area contributed by atoms with Gasteiger partial charge in [0.05, 0.1) is 6.10 Å². The molecule has 1 N–H and O–H groups in total. The monoisotopic (exact) mass is 284 g/mol. The summed E-state index contributed by atoms with van der Waals surface area (Å²) in [6, 6.07) is 0.0963. The average molecular weight is 284 g/mol. The first kappa shape index (κ1) is 18.8. The first-order valence-corrected chi connectivity index (χ1v) is 6.91. The molecule has 0 aliphatic rings. The predicted octanol–water partition coefficient (Wildman–Crippen LogP) is 1.24. The molecule has 0 rings (SSSR count). The van der Waals surface area contributed by atoms with Crippen molar-refractivity contribution in [2.24, 2.45) is 5.92 Å². The van der Waals surface area contributed by atoms with E-state index in [1.807, 2.05) is 20.9 Å². The summed E-state index contributed by atoms with van der Waals surface area (Å²) in [5.41, 5.74) is 0.355. The quantitative estimate of drug-likeness (QED) is 0.511. The van der Waals surface area contributed by atoms with Gasteiger partial charge >= 0.3 is 0 Å². The lowest BCUT2D eigenvalue weighted by molar-refractivity contribution is -0.141. The summed E-state index contributed by atoms with van der Waals surface area (Å²) < 4.78 is 5.22. The minimum atomic E-state index is -0.526. The first-order valence-electron chi connectivity index (χ1n) is 6.91. The van der Waals surface area contributed by atoms with Crippen molar-refractivity contribution in [3.8, 4) is 0 Å². The van der Waals surface area contributed by atoms with E-state index < -0.39 is 11.7 Å². The number of Topliss-reactive ketones (excluding diaryl/α,β-unsaturated/α-hetero) is 1. The van der Waals surface area contributed by atoms with E-state index in [9.17, 15) is 9.59 Å². The molecule has 0 aromatic carbocycles. The molecule has 0 aliphatic carbocycles. The smallest absolute Gasteiger partial charge is 0.294 e. The van der Waals surface area contributed by atoms with Crippen LogP contribution in [0, 0.1) is 5.92 Å². The number of amides is 1. The molecule has 0 heterocycles. The highest BCUT2D eigenvalue weighted by atomic mass is 16.5. The van der Waals surface area contributed by atoms with E-state index >= 15 is 0 Å². The van der Waals surface area contributed by atoms with Crippen LogP contribution in [0.3, 0.4) is 0 Å². The Bertz CT molecular complexity index is 353. The molecule has 116 valence electrons. The molecule has 5 heteroatoms. The average Bonchev–Trinajstić information content (AvgIpc) is 2.44. The summed E-state index contributed by atoms with van der Waals surface area (Å²) in [6.45, 7) is 7.73. The van der Waals surface area contributed by atoms with Gasteiger partial charge in [-0.3, -0.25) is 9.59 Å². The Morgan fingerprint density at radius 2 is 1.80 bits per heavy atom. The molecule has 0 saturated carbocycles. The standard InChI is InChI=1S/C15H28N2O3/c1-10(20-7)8-9-13(16-4)11(2)12(3)14(18)15(19)17(5)6/h10-11,13,16H,3,8-9H2,1-2,4-7H3. The third-order valence-corrected chi connectivity index (χ3v) is 3.70. The second-order valence-corrected chi connectivity index (χ2v) is 5.36. The normalized spacial score (nSPS) is 15.3. The van der Waals surface area contributed by atoms with Gasteiger partial charge in [0.25, 0.3) is 5.91 Å². The molecular weight excluding hydrogens is 256 g/mol. The molecule has 0 aromatic heterocycles. The lowest BCUT2D eigenvalue weighted by Crippen LogP contribution is -2.38. The number of ether oxygens (including phenoxy) is 1. The van der Waals surface area contributed by atoms with Crippen molar-refractivity contribution in [3.05, 3.63) is 12.2 Å². The Morgan fingerprint density at radius 3 is 2.20 bits per heavy atom. The molecule has 0 aliphatic heterocycles. The van der Waals surface area contributed by atoms with Gasteiger partial charge in [0.1, 0.15) is 0 Å². The second kappa shape index (κ2) is 8.87. The summed E-state index contributed by atoms with van der Waals surface area (Å²) in [4.78, 5) is 25.0. The number of methoxy groups -OCH3 is 1. The summed E-state index contributed by atoms with van der Waals surface area (Å²) in [5.74, 6) is -1.13. The van der Waals surface area contributed by atoms with E-state index in [1.54, 1.807) is 21.2 Å². The lowest BCUT2D eigenvalue weighted by atomic mass is 9.88. The fourth-order valence-electron chi connectivity index (χ4n) is 1.97. The van der Waals surface area contributed by atoms with Crippen molar-refractivity contribution in [1.82, 2.24) is 10.2 Å². The predicted molar refractivity (Wildman–Crippen MR) is 80.6 cm³/mol. The van der Waals surface area contributed by atoms with Crippen LogP contribution in [0.15, 0.2) is 12.2 Å². The maximum absolute atomic E-state index is 12.0. The molecule has 20 heavy (non-hydrogen) atoms. The molecule has 0 saturated heterocycles. The van der Waals surface area contributed by atoms with E-state index in [1.165, 1.54) is 4.90 Å². The van der Waals surface area contributed by atoms with Gasteiger partial charge in [-0.05, 0) is 32.7 Å². The zero-order valence-electron chi connectivity index (χ0n) is 13.5. The number of ketones is 1. The third kappa shape index (κ3) is 5.43. The number of likely N-dealkylation sites (N-methyl/N-ethyl adjacent to an activating group) is 1. The maximum Gasteiger partial charge on any atom is 0.294 e. The summed E-state index contributed by atoms with van der Waals surface area (Å²) >= 11 is 0. The highest BCUT2D eigenvalue weighted by molar-refractivity contribution is 6.42. The SMILES string of the molecule is C=C(C(=O)C(=O)N(C)C)C(C)C(CCC(C)OC)NC. The van der Waals surface area contributed by atoms with Crippen LogP contribution < -0.4 is 5.32 Å². The van der Waals surface area contributed by atoms with Crippen LogP contribution in [0.25, 0.3) is 0 Å². The number of carbonyl (C=O) groups excluding carboxylic acids is 2.